The lowest BCUT2D eigenvalue weighted by Crippen LogP contribution is -2.16. The summed E-state index contributed by atoms with van der Waals surface area (Å²) in [6.45, 7) is 0.370. The van der Waals surface area contributed by atoms with Crippen LogP contribution in [0, 0.1) is 0 Å². The third kappa shape index (κ3) is 4.65. The highest BCUT2D eigenvalue weighted by molar-refractivity contribution is 6.33. The van der Waals surface area contributed by atoms with Crippen LogP contribution in [0.3, 0.4) is 0 Å². The second-order valence-corrected chi connectivity index (χ2v) is 7.62. The van der Waals surface area contributed by atoms with Gasteiger partial charge >= 0.3 is 6.18 Å². The largest absolute Gasteiger partial charge is 0.493 e. The maximum Gasteiger partial charge on any atom is 0.450 e. The number of halogens is 4. The smallest absolute Gasteiger partial charge is 0.450 e. The van der Waals surface area contributed by atoms with Crippen LogP contribution in [0.4, 0.5) is 13.2 Å². The first-order chi connectivity index (χ1) is 15.3. The van der Waals surface area contributed by atoms with Gasteiger partial charge in [-0.15, -0.1) is 0 Å². The summed E-state index contributed by atoms with van der Waals surface area (Å²) < 4.78 is 52.2. The van der Waals surface area contributed by atoms with Crippen molar-refractivity contribution in [1.82, 2.24) is 0 Å². The van der Waals surface area contributed by atoms with Gasteiger partial charge in [-0.1, -0.05) is 60.1 Å². The number of hydrogen-bond acceptors (Lipinski definition) is 3. The molecule has 4 aromatic rings. The number of aryl methyl sites for hydroxylation is 1. The van der Waals surface area contributed by atoms with Gasteiger partial charge in [-0.3, -0.25) is 4.79 Å². The third-order valence-corrected chi connectivity index (χ3v) is 5.32. The van der Waals surface area contributed by atoms with Crippen molar-refractivity contribution < 1.29 is 22.3 Å². The number of benzene rings is 3. The van der Waals surface area contributed by atoms with E-state index in [1.807, 2.05) is 30.3 Å². The summed E-state index contributed by atoms with van der Waals surface area (Å²) in [5.41, 5.74) is -0.464. The highest BCUT2D eigenvalue weighted by Crippen LogP contribution is 2.39. The molecule has 0 aliphatic rings. The maximum atomic E-state index is 13.8. The minimum absolute atomic E-state index is 0.0181. The number of ether oxygens (including phenoxy) is 1. The lowest BCUT2D eigenvalue weighted by molar-refractivity contribution is -0.152. The first-order valence-corrected chi connectivity index (χ1v) is 10.3. The van der Waals surface area contributed by atoms with Crippen LogP contribution in [-0.4, -0.2) is 6.61 Å². The van der Waals surface area contributed by atoms with Gasteiger partial charge in [0.1, 0.15) is 11.3 Å². The molecule has 0 aliphatic carbocycles. The molecule has 0 unspecified atom stereocenters. The Morgan fingerprint density at radius 2 is 1.66 bits per heavy atom. The van der Waals surface area contributed by atoms with Crippen LogP contribution in [0.25, 0.3) is 22.1 Å². The maximum absolute atomic E-state index is 13.8. The summed E-state index contributed by atoms with van der Waals surface area (Å²) >= 11 is 6.08. The Kier molecular flexibility index (Phi) is 6.24. The van der Waals surface area contributed by atoms with E-state index in [-0.39, 0.29) is 21.6 Å². The van der Waals surface area contributed by atoms with Gasteiger partial charge in [0.05, 0.1) is 17.6 Å². The Bertz CT molecular complexity index is 1300. The van der Waals surface area contributed by atoms with Gasteiger partial charge in [0.15, 0.2) is 0 Å². The molecule has 0 fully saturated rings. The normalized spacial score (nSPS) is 11.6. The van der Waals surface area contributed by atoms with Crippen LogP contribution in [0.2, 0.25) is 5.02 Å². The minimum Gasteiger partial charge on any atom is -0.493 e. The van der Waals surface area contributed by atoms with Crippen molar-refractivity contribution >= 4 is 22.6 Å². The van der Waals surface area contributed by atoms with Crippen molar-refractivity contribution in [3.63, 3.8) is 0 Å². The Morgan fingerprint density at radius 1 is 0.938 bits per heavy atom. The molecule has 0 spiro atoms. The van der Waals surface area contributed by atoms with E-state index in [0.717, 1.165) is 12.8 Å². The molecule has 0 saturated carbocycles. The summed E-state index contributed by atoms with van der Waals surface area (Å²) in [5, 5.41) is 0.0487. The predicted octanol–water partition coefficient (Wildman–Crippen LogP) is 7.14. The molecule has 0 amide bonds. The quantitative estimate of drug-likeness (QED) is 0.288. The molecule has 0 saturated heterocycles. The Labute approximate surface area is 187 Å². The highest BCUT2D eigenvalue weighted by Gasteiger charge is 2.39. The number of alkyl halides is 3. The molecule has 0 bridgehead atoms. The fourth-order valence-electron chi connectivity index (χ4n) is 3.48. The van der Waals surface area contributed by atoms with E-state index in [2.05, 4.69) is 0 Å². The van der Waals surface area contributed by atoms with E-state index in [9.17, 15) is 18.0 Å². The van der Waals surface area contributed by atoms with E-state index < -0.39 is 22.9 Å². The molecule has 0 radical (unpaired) electrons. The van der Waals surface area contributed by atoms with Crippen LogP contribution in [0.15, 0.2) is 82.0 Å². The van der Waals surface area contributed by atoms with Crippen LogP contribution < -0.4 is 10.2 Å². The number of hydrogen-bond donors (Lipinski definition) is 0. The van der Waals surface area contributed by atoms with Crippen LogP contribution in [0.1, 0.15) is 17.7 Å². The lowest BCUT2D eigenvalue weighted by atomic mass is 10.0. The molecular weight excluding hydrogens is 441 g/mol. The van der Waals surface area contributed by atoms with Gasteiger partial charge in [-0.05, 0) is 36.6 Å². The van der Waals surface area contributed by atoms with E-state index in [1.165, 1.54) is 35.9 Å². The van der Waals surface area contributed by atoms with Crippen molar-refractivity contribution in [3.8, 4) is 16.9 Å². The van der Waals surface area contributed by atoms with Gasteiger partial charge in [0.2, 0.25) is 11.2 Å². The molecule has 164 valence electrons. The fourth-order valence-corrected chi connectivity index (χ4v) is 3.71. The van der Waals surface area contributed by atoms with E-state index in [0.29, 0.717) is 12.4 Å². The molecule has 4 rings (SSSR count). The van der Waals surface area contributed by atoms with Gasteiger partial charge in [-0.25, -0.2) is 0 Å². The second-order valence-electron chi connectivity index (χ2n) is 7.21. The first-order valence-electron chi connectivity index (χ1n) is 9.94. The number of rotatable bonds is 6. The zero-order valence-corrected chi connectivity index (χ0v) is 17.5. The Hall–Kier alpha value is -3.25. The SMILES string of the molecule is O=c1c(-c2ccccc2Cl)c(C(F)(F)F)oc2cc(OCCCc3ccccc3)ccc12. The molecule has 1 heterocycles. The zero-order chi connectivity index (χ0) is 22.7. The predicted molar refractivity (Wildman–Crippen MR) is 118 cm³/mol. The van der Waals surface area contributed by atoms with Crippen molar-refractivity contribution in [2.75, 3.05) is 6.61 Å². The highest BCUT2D eigenvalue weighted by atomic mass is 35.5. The lowest BCUT2D eigenvalue weighted by Gasteiger charge is -2.14. The second kappa shape index (κ2) is 9.09. The molecule has 1 aromatic heterocycles. The van der Waals surface area contributed by atoms with Gasteiger partial charge in [0, 0.05) is 16.7 Å². The average molecular weight is 459 g/mol. The molecule has 0 aliphatic heterocycles. The topological polar surface area (TPSA) is 39.4 Å². The van der Waals surface area contributed by atoms with Crippen molar-refractivity contribution in [2.45, 2.75) is 19.0 Å². The van der Waals surface area contributed by atoms with Gasteiger partial charge < -0.3 is 9.15 Å². The average Bonchev–Trinajstić information content (AvgIpc) is 2.77. The van der Waals surface area contributed by atoms with Gasteiger partial charge in [0.25, 0.3) is 0 Å². The summed E-state index contributed by atoms with van der Waals surface area (Å²) in [4.78, 5) is 13.0. The molecule has 3 aromatic carbocycles. The Morgan fingerprint density at radius 3 is 2.38 bits per heavy atom. The van der Waals surface area contributed by atoms with E-state index in [4.69, 9.17) is 20.8 Å². The number of fused-ring (bicyclic) bond motifs is 1. The molecule has 3 nitrogen and oxygen atoms in total. The van der Waals surface area contributed by atoms with Crippen LogP contribution >= 0.6 is 11.6 Å². The van der Waals surface area contributed by atoms with E-state index in [1.54, 1.807) is 12.1 Å². The third-order valence-electron chi connectivity index (χ3n) is 4.99. The Balaban J connectivity index is 1.66. The standard InChI is InChI=1S/C25H18ClF3O3/c26-20-11-5-4-10-18(20)22-23(30)19-13-12-17(15-21(19)32-24(22)25(27,28)29)31-14-6-9-16-7-2-1-3-8-16/h1-5,7-8,10-13,15H,6,9,14H2. The van der Waals surface area contributed by atoms with E-state index >= 15 is 0 Å². The van der Waals surface area contributed by atoms with Crippen molar-refractivity contribution in [3.05, 3.63) is 99.4 Å². The molecule has 32 heavy (non-hydrogen) atoms. The zero-order valence-electron chi connectivity index (χ0n) is 16.8. The molecular formula is C25H18ClF3O3. The minimum atomic E-state index is -4.88. The fraction of sp³-hybridized carbons (Fsp3) is 0.160. The summed E-state index contributed by atoms with van der Waals surface area (Å²) in [7, 11) is 0. The van der Waals surface area contributed by atoms with Crippen LogP contribution in [-0.2, 0) is 12.6 Å². The van der Waals surface area contributed by atoms with Crippen LogP contribution in [0.5, 0.6) is 5.75 Å². The molecule has 0 atom stereocenters. The molecule has 7 heteroatoms. The summed E-state index contributed by atoms with van der Waals surface area (Å²) in [5.74, 6) is -1.06. The van der Waals surface area contributed by atoms with Crippen molar-refractivity contribution in [1.29, 1.82) is 0 Å². The monoisotopic (exact) mass is 458 g/mol. The summed E-state index contributed by atoms with van der Waals surface area (Å²) in [6, 6.07) is 20.0. The summed E-state index contributed by atoms with van der Waals surface area (Å²) in [6.07, 6.45) is -3.34. The van der Waals surface area contributed by atoms with Crippen molar-refractivity contribution in [2.24, 2.45) is 0 Å². The molecule has 0 N–H and O–H groups in total. The van der Waals surface area contributed by atoms with Gasteiger partial charge in [-0.2, -0.15) is 13.2 Å². The first kappa shape index (κ1) is 22.0.